The monoisotopic (exact) mass is 317 g/mol. The Balaban J connectivity index is 2.33. The minimum atomic E-state index is -0.709. The maximum atomic E-state index is 13.5. The summed E-state index contributed by atoms with van der Waals surface area (Å²) in [5.41, 5.74) is 0. The zero-order valence-electron chi connectivity index (χ0n) is 10.6. The predicted octanol–water partition coefficient (Wildman–Crippen LogP) is 3.50. The van der Waals surface area contributed by atoms with Gasteiger partial charge in [0.15, 0.2) is 0 Å². The summed E-state index contributed by atoms with van der Waals surface area (Å²) in [5, 5.41) is 4.24. The van der Waals surface area contributed by atoms with Crippen LogP contribution in [-0.4, -0.2) is 34.8 Å². The molecule has 0 saturated carbocycles. The number of carbonyl (C=O) groups is 1. The zero-order chi connectivity index (χ0) is 14.9. The summed E-state index contributed by atoms with van der Waals surface area (Å²) in [7, 11) is 3.11. The molecule has 0 aliphatic carbocycles. The van der Waals surface area contributed by atoms with E-state index >= 15 is 0 Å². The van der Waals surface area contributed by atoms with Crippen LogP contribution in [0.1, 0.15) is 0 Å². The SMILES string of the molecule is CN(C)C(=O)n1cc(Cl)c(Sc2c(F)cccc2F)n1. The smallest absolute Gasteiger partial charge is 0.329 e. The van der Waals surface area contributed by atoms with Crippen LogP contribution in [0.3, 0.4) is 0 Å². The molecule has 8 heteroatoms. The van der Waals surface area contributed by atoms with Gasteiger partial charge in [-0.15, -0.1) is 0 Å². The van der Waals surface area contributed by atoms with Gasteiger partial charge in [-0.1, -0.05) is 29.4 Å². The van der Waals surface area contributed by atoms with Gasteiger partial charge in [0.2, 0.25) is 0 Å². The number of rotatable bonds is 2. The van der Waals surface area contributed by atoms with E-state index in [2.05, 4.69) is 5.10 Å². The molecule has 0 fully saturated rings. The molecule has 0 radical (unpaired) electrons. The number of hydrogen-bond donors (Lipinski definition) is 0. The maximum absolute atomic E-state index is 13.5. The fraction of sp³-hybridized carbons (Fsp3) is 0.167. The lowest BCUT2D eigenvalue weighted by atomic mass is 10.3. The lowest BCUT2D eigenvalue weighted by molar-refractivity contribution is 0.215. The van der Waals surface area contributed by atoms with Crippen LogP contribution in [0.25, 0.3) is 0 Å². The topological polar surface area (TPSA) is 38.1 Å². The van der Waals surface area contributed by atoms with Crippen LogP contribution >= 0.6 is 23.4 Å². The Morgan fingerprint density at radius 3 is 2.50 bits per heavy atom. The minimum absolute atomic E-state index is 0.146. The number of carbonyl (C=O) groups excluding carboxylic acids is 1. The summed E-state index contributed by atoms with van der Waals surface area (Å²) in [5.74, 6) is -1.42. The molecule has 2 rings (SSSR count). The third-order valence-electron chi connectivity index (χ3n) is 2.33. The number of benzene rings is 1. The van der Waals surface area contributed by atoms with Gasteiger partial charge in [-0.3, -0.25) is 0 Å². The summed E-state index contributed by atoms with van der Waals surface area (Å²) in [4.78, 5) is 12.8. The van der Waals surface area contributed by atoms with Gasteiger partial charge in [0.1, 0.15) is 16.7 Å². The van der Waals surface area contributed by atoms with Gasteiger partial charge in [-0.25, -0.2) is 13.6 Å². The van der Waals surface area contributed by atoms with Crippen LogP contribution in [0.4, 0.5) is 13.6 Å². The quantitative estimate of drug-likeness (QED) is 0.851. The van der Waals surface area contributed by atoms with Crippen molar-refractivity contribution in [3.8, 4) is 0 Å². The fourth-order valence-corrected chi connectivity index (χ4v) is 2.44. The molecule has 0 aliphatic heterocycles. The predicted molar refractivity (Wildman–Crippen MR) is 72.2 cm³/mol. The van der Waals surface area contributed by atoms with Crippen LogP contribution in [0, 0.1) is 11.6 Å². The van der Waals surface area contributed by atoms with Crippen molar-refractivity contribution in [2.24, 2.45) is 0 Å². The first-order valence-electron chi connectivity index (χ1n) is 5.49. The van der Waals surface area contributed by atoms with Gasteiger partial charge in [-0.05, 0) is 12.1 Å². The van der Waals surface area contributed by atoms with Gasteiger partial charge in [0, 0.05) is 14.1 Å². The average molecular weight is 318 g/mol. The highest BCUT2D eigenvalue weighted by atomic mass is 35.5. The molecule has 0 N–H and O–H groups in total. The Morgan fingerprint density at radius 1 is 1.35 bits per heavy atom. The lowest BCUT2D eigenvalue weighted by Gasteiger charge is -2.08. The molecule has 4 nitrogen and oxygen atoms in total. The Kier molecular flexibility index (Phi) is 4.29. The highest BCUT2D eigenvalue weighted by Crippen LogP contribution is 2.35. The van der Waals surface area contributed by atoms with Crippen LogP contribution in [0.2, 0.25) is 5.02 Å². The highest BCUT2D eigenvalue weighted by molar-refractivity contribution is 7.99. The van der Waals surface area contributed by atoms with Gasteiger partial charge in [0.25, 0.3) is 0 Å². The Morgan fingerprint density at radius 2 is 1.95 bits per heavy atom. The molecule has 1 aromatic heterocycles. The highest BCUT2D eigenvalue weighted by Gasteiger charge is 2.18. The Bertz CT molecular complexity index is 640. The van der Waals surface area contributed by atoms with Crippen molar-refractivity contribution < 1.29 is 13.6 Å². The molecule has 1 aromatic carbocycles. The van der Waals surface area contributed by atoms with Crippen molar-refractivity contribution in [1.29, 1.82) is 0 Å². The molecule has 1 heterocycles. The third kappa shape index (κ3) is 2.94. The van der Waals surface area contributed by atoms with E-state index in [0.717, 1.165) is 28.6 Å². The first-order valence-corrected chi connectivity index (χ1v) is 6.68. The first kappa shape index (κ1) is 14.8. The van der Waals surface area contributed by atoms with E-state index in [1.807, 2.05) is 0 Å². The molecule has 2 aromatic rings. The molecule has 20 heavy (non-hydrogen) atoms. The molecule has 0 aliphatic rings. The third-order valence-corrected chi connectivity index (χ3v) is 3.81. The molecule has 106 valence electrons. The second-order valence-corrected chi connectivity index (χ2v) is 5.46. The Hall–Kier alpha value is -1.60. The zero-order valence-corrected chi connectivity index (χ0v) is 12.2. The number of amides is 1. The van der Waals surface area contributed by atoms with Crippen molar-refractivity contribution in [3.63, 3.8) is 0 Å². The van der Waals surface area contributed by atoms with Gasteiger partial charge in [0.05, 0.1) is 16.1 Å². The van der Waals surface area contributed by atoms with E-state index in [1.165, 1.54) is 17.2 Å². The summed E-state index contributed by atoms with van der Waals surface area (Å²) < 4.78 is 28.1. The van der Waals surface area contributed by atoms with Crippen LogP contribution in [-0.2, 0) is 0 Å². The molecule has 1 amide bonds. The van der Waals surface area contributed by atoms with Crippen molar-refractivity contribution in [3.05, 3.63) is 41.1 Å². The largest absolute Gasteiger partial charge is 0.344 e. The van der Waals surface area contributed by atoms with E-state index in [1.54, 1.807) is 14.1 Å². The van der Waals surface area contributed by atoms with Crippen molar-refractivity contribution >= 4 is 29.4 Å². The molecular formula is C12H10ClF2N3OS. The second-order valence-electron chi connectivity index (χ2n) is 4.06. The van der Waals surface area contributed by atoms with Crippen molar-refractivity contribution in [2.45, 2.75) is 9.92 Å². The van der Waals surface area contributed by atoms with E-state index in [-0.39, 0.29) is 14.9 Å². The van der Waals surface area contributed by atoms with Crippen molar-refractivity contribution in [1.82, 2.24) is 14.7 Å². The normalized spacial score (nSPS) is 10.7. The number of halogens is 3. The molecule has 0 saturated heterocycles. The number of aromatic nitrogens is 2. The molecule has 0 unspecified atom stereocenters. The van der Waals surface area contributed by atoms with Crippen LogP contribution in [0.5, 0.6) is 0 Å². The average Bonchev–Trinajstić information content (AvgIpc) is 2.74. The first-order chi connectivity index (χ1) is 9.40. The van der Waals surface area contributed by atoms with Gasteiger partial charge in [-0.2, -0.15) is 9.78 Å². The lowest BCUT2D eigenvalue weighted by Crippen LogP contribution is -2.27. The standard InChI is InChI=1S/C12H10ClF2N3OS/c1-17(2)12(19)18-6-7(13)11(16-18)20-10-8(14)4-3-5-9(10)15/h3-6H,1-2H3. The summed E-state index contributed by atoms with van der Waals surface area (Å²) in [6.07, 6.45) is 1.30. The summed E-state index contributed by atoms with van der Waals surface area (Å²) in [6.45, 7) is 0. The summed E-state index contributed by atoms with van der Waals surface area (Å²) >= 11 is 6.66. The van der Waals surface area contributed by atoms with Crippen molar-refractivity contribution in [2.75, 3.05) is 14.1 Å². The van der Waals surface area contributed by atoms with E-state index < -0.39 is 17.7 Å². The van der Waals surface area contributed by atoms with Gasteiger partial charge >= 0.3 is 6.03 Å². The minimum Gasteiger partial charge on any atom is -0.329 e. The van der Waals surface area contributed by atoms with Crippen LogP contribution in [0.15, 0.2) is 34.3 Å². The molecule has 0 bridgehead atoms. The summed E-state index contributed by atoms with van der Waals surface area (Å²) in [6, 6.07) is 3.14. The molecule has 0 spiro atoms. The number of hydrogen-bond acceptors (Lipinski definition) is 3. The molecule has 0 atom stereocenters. The maximum Gasteiger partial charge on any atom is 0.344 e. The Labute approximate surface area is 123 Å². The van der Waals surface area contributed by atoms with Crippen LogP contribution < -0.4 is 0 Å². The number of nitrogens with zero attached hydrogens (tertiary/aromatic N) is 3. The molecular weight excluding hydrogens is 308 g/mol. The second kappa shape index (κ2) is 5.80. The van der Waals surface area contributed by atoms with E-state index in [0.29, 0.717) is 0 Å². The van der Waals surface area contributed by atoms with E-state index in [4.69, 9.17) is 11.6 Å². The van der Waals surface area contributed by atoms with Gasteiger partial charge < -0.3 is 4.90 Å². The fourth-order valence-electron chi connectivity index (χ4n) is 1.39. The van der Waals surface area contributed by atoms with E-state index in [9.17, 15) is 13.6 Å².